The third-order valence-electron chi connectivity index (χ3n) is 2.93. The minimum Gasteiger partial charge on any atom is -0.336 e. The molecule has 1 aliphatic rings. The van der Waals surface area contributed by atoms with Crippen molar-refractivity contribution in [3.8, 4) is 0 Å². The Hall–Kier alpha value is -1.49. The van der Waals surface area contributed by atoms with E-state index in [1.807, 2.05) is 11.8 Å². The van der Waals surface area contributed by atoms with Crippen LogP contribution in [0.25, 0.3) is 0 Å². The van der Waals surface area contributed by atoms with E-state index in [0.717, 1.165) is 31.9 Å². The molecule has 0 bridgehead atoms. The number of hydrogen-bond acceptors (Lipinski definition) is 4. The summed E-state index contributed by atoms with van der Waals surface area (Å²) in [5.74, 6) is 0.0474. The monoisotopic (exact) mass is 220 g/mol. The van der Waals surface area contributed by atoms with E-state index in [0.29, 0.717) is 5.56 Å². The van der Waals surface area contributed by atoms with Crippen LogP contribution in [0.5, 0.6) is 0 Å². The maximum Gasteiger partial charge on any atom is 0.257 e. The summed E-state index contributed by atoms with van der Waals surface area (Å²) in [5, 5.41) is 0. The van der Waals surface area contributed by atoms with Crippen LogP contribution in [0, 0.1) is 6.92 Å². The predicted octanol–water partition coefficient (Wildman–Crippen LogP) is 0.173. The molecule has 0 aromatic carbocycles. The zero-order valence-corrected chi connectivity index (χ0v) is 9.68. The second kappa shape index (κ2) is 4.57. The Morgan fingerprint density at radius 3 is 2.62 bits per heavy atom. The Balaban J connectivity index is 2.11. The molecule has 1 fully saturated rings. The molecular weight excluding hydrogens is 204 g/mol. The second-order valence-electron chi connectivity index (χ2n) is 4.12. The van der Waals surface area contributed by atoms with E-state index in [1.54, 1.807) is 6.20 Å². The van der Waals surface area contributed by atoms with Crippen molar-refractivity contribution in [2.45, 2.75) is 6.92 Å². The van der Waals surface area contributed by atoms with Crippen LogP contribution in [0.15, 0.2) is 12.5 Å². The second-order valence-corrected chi connectivity index (χ2v) is 4.12. The minimum absolute atomic E-state index is 0.0474. The van der Waals surface area contributed by atoms with Crippen LogP contribution in [-0.4, -0.2) is 58.9 Å². The van der Waals surface area contributed by atoms with E-state index in [4.69, 9.17) is 0 Å². The van der Waals surface area contributed by atoms with Crippen LogP contribution in [0.4, 0.5) is 0 Å². The standard InChI is InChI=1S/C11H16N4O/c1-9-10(7-12-8-13-9)11(16)15-5-3-14(2)4-6-15/h7-8H,3-6H2,1-2H3. The van der Waals surface area contributed by atoms with Gasteiger partial charge in [-0.25, -0.2) is 9.97 Å². The molecule has 0 saturated carbocycles. The quantitative estimate of drug-likeness (QED) is 0.677. The molecule has 0 spiro atoms. The van der Waals surface area contributed by atoms with E-state index in [1.165, 1.54) is 6.33 Å². The summed E-state index contributed by atoms with van der Waals surface area (Å²) in [6.45, 7) is 5.26. The minimum atomic E-state index is 0.0474. The Bertz CT molecular complexity index is 385. The number of rotatable bonds is 1. The van der Waals surface area contributed by atoms with Gasteiger partial charge in [-0.2, -0.15) is 0 Å². The molecule has 1 amide bonds. The SMILES string of the molecule is Cc1ncncc1C(=O)N1CCN(C)CC1. The molecule has 0 atom stereocenters. The van der Waals surface area contributed by atoms with Crippen molar-refractivity contribution in [2.24, 2.45) is 0 Å². The highest BCUT2D eigenvalue weighted by atomic mass is 16.2. The topological polar surface area (TPSA) is 49.3 Å². The Morgan fingerprint density at radius 2 is 2.00 bits per heavy atom. The summed E-state index contributed by atoms with van der Waals surface area (Å²) in [7, 11) is 2.07. The van der Waals surface area contributed by atoms with Crippen molar-refractivity contribution in [3.63, 3.8) is 0 Å². The highest BCUT2D eigenvalue weighted by Crippen LogP contribution is 2.09. The molecule has 2 rings (SSSR count). The summed E-state index contributed by atoms with van der Waals surface area (Å²) < 4.78 is 0. The maximum absolute atomic E-state index is 12.2. The zero-order chi connectivity index (χ0) is 11.5. The van der Waals surface area contributed by atoms with Gasteiger partial charge in [0.2, 0.25) is 0 Å². The Morgan fingerprint density at radius 1 is 1.31 bits per heavy atom. The van der Waals surface area contributed by atoms with Crippen molar-refractivity contribution in [1.29, 1.82) is 0 Å². The van der Waals surface area contributed by atoms with Gasteiger partial charge in [0.15, 0.2) is 0 Å². The van der Waals surface area contributed by atoms with Gasteiger partial charge in [-0.15, -0.1) is 0 Å². The van der Waals surface area contributed by atoms with Crippen molar-refractivity contribution in [3.05, 3.63) is 23.8 Å². The molecule has 2 heterocycles. The number of amides is 1. The van der Waals surface area contributed by atoms with Crippen molar-refractivity contribution in [1.82, 2.24) is 19.8 Å². The first-order valence-corrected chi connectivity index (χ1v) is 5.43. The highest BCUT2D eigenvalue weighted by molar-refractivity contribution is 5.94. The molecule has 1 aromatic heterocycles. The first-order chi connectivity index (χ1) is 7.68. The van der Waals surface area contributed by atoms with Crippen LogP contribution in [0.2, 0.25) is 0 Å². The van der Waals surface area contributed by atoms with E-state index < -0.39 is 0 Å². The molecule has 5 heteroatoms. The Kier molecular flexibility index (Phi) is 3.14. The van der Waals surface area contributed by atoms with Crippen LogP contribution >= 0.6 is 0 Å². The largest absolute Gasteiger partial charge is 0.336 e. The lowest BCUT2D eigenvalue weighted by atomic mass is 10.2. The fourth-order valence-electron chi connectivity index (χ4n) is 1.78. The van der Waals surface area contributed by atoms with Crippen LogP contribution in [0.1, 0.15) is 16.1 Å². The molecule has 86 valence electrons. The van der Waals surface area contributed by atoms with Gasteiger partial charge in [-0.05, 0) is 14.0 Å². The number of piperazine rings is 1. The summed E-state index contributed by atoms with van der Waals surface area (Å²) in [4.78, 5) is 24.2. The molecule has 1 saturated heterocycles. The summed E-state index contributed by atoms with van der Waals surface area (Å²) in [6, 6.07) is 0. The van der Waals surface area contributed by atoms with Gasteiger partial charge in [-0.1, -0.05) is 0 Å². The normalized spacial score (nSPS) is 17.5. The van der Waals surface area contributed by atoms with Gasteiger partial charge < -0.3 is 9.80 Å². The first-order valence-electron chi connectivity index (χ1n) is 5.43. The zero-order valence-electron chi connectivity index (χ0n) is 9.68. The maximum atomic E-state index is 12.2. The summed E-state index contributed by atoms with van der Waals surface area (Å²) >= 11 is 0. The van der Waals surface area contributed by atoms with Gasteiger partial charge in [0.25, 0.3) is 5.91 Å². The number of carbonyl (C=O) groups excluding carboxylic acids is 1. The van der Waals surface area contributed by atoms with Crippen LogP contribution in [-0.2, 0) is 0 Å². The average Bonchev–Trinajstić information content (AvgIpc) is 2.30. The molecule has 0 N–H and O–H groups in total. The number of likely N-dealkylation sites (N-methyl/N-ethyl adjacent to an activating group) is 1. The van der Waals surface area contributed by atoms with Crippen LogP contribution in [0.3, 0.4) is 0 Å². The lowest BCUT2D eigenvalue weighted by Gasteiger charge is -2.32. The Labute approximate surface area is 95.1 Å². The number of aryl methyl sites for hydroxylation is 1. The molecule has 1 aromatic rings. The van der Waals surface area contributed by atoms with Gasteiger partial charge in [0.1, 0.15) is 6.33 Å². The van der Waals surface area contributed by atoms with E-state index >= 15 is 0 Å². The first kappa shape index (κ1) is 11.0. The van der Waals surface area contributed by atoms with Gasteiger partial charge in [0, 0.05) is 32.4 Å². The van der Waals surface area contributed by atoms with Crippen molar-refractivity contribution >= 4 is 5.91 Å². The molecule has 0 aliphatic carbocycles. The van der Waals surface area contributed by atoms with Gasteiger partial charge in [-0.3, -0.25) is 4.79 Å². The van der Waals surface area contributed by atoms with Gasteiger partial charge in [0.05, 0.1) is 11.3 Å². The van der Waals surface area contributed by atoms with E-state index in [2.05, 4.69) is 21.9 Å². The molecule has 0 unspecified atom stereocenters. The summed E-state index contributed by atoms with van der Waals surface area (Å²) in [5.41, 5.74) is 1.37. The van der Waals surface area contributed by atoms with Crippen molar-refractivity contribution < 1.29 is 4.79 Å². The van der Waals surface area contributed by atoms with Crippen molar-refractivity contribution in [2.75, 3.05) is 33.2 Å². The molecule has 1 aliphatic heterocycles. The van der Waals surface area contributed by atoms with Crippen LogP contribution < -0.4 is 0 Å². The number of carbonyl (C=O) groups is 1. The van der Waals surface area contributed by atoms with E-state index in [-0.39, 0.29) is 5.91 Å². The summed E-state index contributed by atoms with van der Waals surface area (Å²) in [6.07, 6.45) is 3.07. The lowest BCUT2D eigenvalue weighted by molar-refractivity contribution is 0.0662. The fraction of sp³-hybridized carbons (Fsp3) is 0.545. The lowest BCUT2D eigenvalue weighted by Crippen LogP contribution is -2.47. The molecule has 16 heavy (non-hydrogen) atoms. The highest BCUT2D eigenvalue weighted by Gasteiger charge is 2.21. The predicted molar refractivity (Wildman–Crippen MR) is 60.2 cm³/mol. The molecular formula is C11H16N4O. The fourth-order valence-corrected chi connectivity index (χ4v) is 1.78. The van der Waals surface area contributed by atoms with E-state index in [9.17, 15) is 4.79 Å². The van der Waals surface area contributed by atoms with Gasteiger partial charge >= 0.3 is 0 Å². The number of nitrogens with zero attached hydrogens (tertiary/aromatic N) is 4. The third-order valence-corrected chi connectivity index (χ3v) is 2.93. The average molecular weight is 220 g/mol. The smallest absolute Gasteiger partial charge is 0.257 e. The third kappa shape index (κ3) is 2.19. The number of hydrogen-bond donors (Lipinski definition) is 0. The molecule has 5 nitrogen and oxygen atoms in total. The number of aromatic nitrogens is 2. The molecule has 0 radical (unpaired) electrons.